The van der Waals surface area contributed by atoms with Crippen LogP contribution in [0, 0.1) is 0 Å². The first kappa shape index (κ1) is 19.7. The molecule has 0 aliphatic heterocycles. The molecule has 26 heavy (non-hydrogen) atoms. The molecular formula is C15H8F9NO. The minimum atomic E-state index is -5.41. The lowest BCUT2D eigenvalue weighted by atomic mass is 10.0. The smallest absolute Gasteiger partial charge is 0.418 e. The molecule has 0 amide bonds. The molecule has 0 unspecified atom stereocenters. The molecule has 0 saturated heterocycles. The Hall–Kier alpha value is -2.59. The van der Waals surface area contributed by atoms with Gasteiger partial charge in [-0.3, -0.25) is 0 Å². The largest absolute Gasteiger partial charge is 0.457 e. The van der Waals surface area contributed by atoms with E-state index in [1.54, 1.807) is 0 Å². The van der Waals surface area contributed by atoms with E-state index in [2.05, 4.69) is 0 Å². The van der Waals surface area contributed by atoms with Crippen molar-refractivity contribution < 1.29 is 44.3 Å². The molecule has 11 heteroatoms. The van der Waals surface area contributed by atoms with Crippen LogP contribution in [0.5, 0.6) is 11.5 Å². The molecule has 0 radical (unpaired) electrons. The highest BCUT2D eigenvalue weighted by atomic mass is 19.4. The van der Waals surface area contributed by atoms with Crippen molar-refractivity contribution >= 4 is 5.69 Å². The predicted octanol–water partition coefficient (Wildman–Crippen LogP) is 6.12. The maximum Gasteiger partial charge on any atom is 0.418 e. The lowest BCUT2D eigenvalue weighted by Crippen LogP contribution is -2.18. The van der Waals surface area contributed by atoms with Crippen molar-refractivity contribution in [2.24, 2.45) is 0 Å². The molecule has 0 atom stereocenters. The Bertz CT molecular complexity index is 806. The number of ether oxygens (including phenoxy) is 1. The average Bonchev–Trinajstić information content (AvgIpc) is 2.43. The van der Waals surface area contributed by atoms with Crippen molar-refractivity contribution in [1.29, 1.82) is 0 Å². The second kappa shape index (κ2) is 6.29. The molecule has 0 aromatic heterocycles. The third-order valence-electron chi connectivity index (χ3n) is 3.13. The van der Waals surface area contributed by atoms with Gasteiger partial charge >= 0.3 is 18.5 Å². The van der Waals surface area contributed by atoms with Gasteiger partial charge in [0.25, 0.3) is 0 Å². The quantitative estimate of drug-likeness (QED) is 0.496. The monoisotopic (exact) mass is 389 g/mol. The molecule has 2 rings (SSSR count). The summed E-state index contributed by atoms with van der Waals surface area (Å²) < 4.78 is 120. The highest BCUT2D eigenvalue weighted by Gasteiger charge is 2.45. The summed E-state index contributed by atoms with van der Waals surface area (Å²) in [6.07, 6.45) is -15.5. The number of benzene rings is 2. The van der Waals surface area contributed by atoms with E-state index >= 15 is 0 Å². The first-order valence-corrected chi connectivity index (χ1v) is 6.62. The Kier molecular flexibility index (Phi) is 4.77. The summed E-state index contributed by atoms with van der Waals surface area (Å²) in [4.78, 5) is 0. The zero-order valence-corrected chi connectivity index (χ0v) is 12.4. The fraction of sp³-hybridized carbons (Fsp3) is 0.200. The molecule has 2 nitrogen and oxygen atoms in total. The molecular weight excluding hydrogens is 381 g/mol. The van der Waals surface area contributed by atoms with Crippen molar-refractivity contribution in [3.05, 3.63) is 53.1 Å². The summed E-state index contributed by atoms with van der Waals surface area (Å²) in [5.41, 5.74) is -1.54. The van der Waals surface area contributed by atoms with Gasteiger partial charge in [-0.1, -0.05) is 6.07 Å². The first-order valence-electron chi connectivity index (χ1n) is 6.62. The van der Waals surface area contributed by atoms with Crippen LogP contribution in [0.2, 0.25) is 0 Å². The summed E-state index contributed by atoms with van der Waals surface area (Å²) >= 11 is 0. The molecule has 2 N–H and O–H groups in total. The van der Waals surface area contributed by atoms with Crippen LogP contribution in [0.1, 0.15) is 16.7 Å². The second-order valence-electron chi connectivity index (χ2n) is 5.06. The Labute approximate surface area is 140 Å². The Morgan fingerprint density at radius 1 is 0.692 bits per heavy atom. The van der Waals surface area contributed by atoms with E-state index in [0.29, 0.717) is 18.2 Å². The Morgan fingerprint density at radius 3 is 1.81 bits per heavy atom. The number of hydrogen-bond donors (Lipinski definition) is 1. The maximum absolute atomic E-state index is 12.9. The van der Waals surface area contributed by atoms with Gasteiger partial charge in [-0.05, 0) is 24.3 Å². The average molecular weight is 389 g/mol. The van der Waals surface area contributed by atoms with Crippen LogP contribution in [0.4, 0.5) is 45.2 Å². The van der Waals surface area contributed by atoms with Gasteiger partial charge in [0, 0.05) is 11.8 Å². The van der Waals surface area contributed by atoms with Gasteiger partial charge in [-0.25, -0.2) is 0 Å². The predicted molar refractivity (Wildman–Crippen MR) is 72.4 cm³/mol. The van der Waals surface area contributed by atoms with Gasteiger partial charge in [0.2, 0.25) is 0 Å². The van der Waals surface area contributed by atoms with Crippen molar-refractivity contribution in [1.82, 2.24) is 0 Å². The van der Waals surface area contributed by atoms with Gasteiger partial charge < -0.3 is 10.5 Å². The third kappa shape index (κ3) is 4.33. The molecule has 0 heterocycles. The van der Waals surface area contributed by atoms with Crippen LogP contribution in [-0.4, -0.2) is 0 Å². The van der Waals surface area contributed by atoms with Gasteiger partial charge in [0.15, 0.2) is 0 Å². The van der Waals surface area contributed by atoms with Crippen molar-refractivity contribution in [2.45, 2.75) is 18.5 Å². The normalized spacial score (nSPS) is 13.0. The lowest BCUT2D eigenvalue weighted by Gasteiger charge is -2.19. The van der Waals surface area contributed by atoms with E-state index in [1.165, 1.54) is 0 Å². The number of halogens is 9. The molecule has 0 bridgehead atoms. The number of alkyl halides is 9. The van der Waals surface area contributed by atoms with E-state index in [4.69, 9.17) is 10.5 Å². The number of nitrogens with two attached hydrogens (primary N) is 1. The van der Waals surface area contributed by atoms with E-state index in [1.807, 2.05) is 0 Å². The van der Waals surface area contributed by atoms with Crippen LogP contribution in [0.15, 0.2) is 36.4 Å². The highest BCUT2D eigenvalue weighted by Crippen LogP contribution is 2.45. The van der Waals surface area contributed by atoms with Crippen molar-refractivity contribution in [3.63, 3.8) is 0 Å². The molecule has 2 aromatic carbocycles. The minimum Gasteiger partial charge on any atom is -0.457 e. The van der Waals surface area contributed by atoms with E-state index in [9.17, 15) is 39.5 Å². The topological polar surface area (TPSA) is 35.2 Å². The first-order chi connectivity index (χ1) is 11.7. The highest BCUT2D eigenvalue weighted by molar-refractivity contribution is 5.58. The van der Waals surface area contributed by atoms with Gasteiger partial charge in [0.05, 0.1) is 16.7 Å². The van der Waals surface area contributed by atoms with Gasteiger partial charge in [-0.2, -0.15) is 39.5 Å². The van der Waals surface area contributed by atoms with Crippen LogP contribution >= 0.6 is 0 Å². The standard InChI is InChI=1S/C15H8F9NO/c16-13(17,18)7-2-1-3-8(4-7)26-9-5-10(14(19,20)21)12(11(25)6-9)15(22,23)24/h1-6H,25H2. The van der Waals surface area contributed by atoms with E-state index in [0.717, 1.165) is 12.1 Å². The maximum atomic E-state index is 12.9. The fourth-order valence-corrected chi connectivity index (χ4v) is 2.11. The molecule has 142 valence electrons. The molecule has 0 saturated carbocycles. The lowest BCUT2D eigenvalue weighted by molar-refractivity contribution is -0.161. The van der Waals surface area contributed by atoms with Gasteiger partial charge in [0.1, 0.15) is 11.5 Å². The van der Waals surface area contributed by atoms with E-state index < -0.39 is 52.4 Å². The number of nitrogen functional groups attached to an aromatic ring is 1. The van der Waals surface area contributed by atoms with Crippen LogP contribution in [0.25, 0.3) is 0 Å². The Morgan fingerprint density at radius 2 is 1.31 bits per heavy atom. The minimum absolute atomic E-state index is 0.0272. The van der Waals surface area contributed by atoms with Crippen LogP contribution in [0.3, 0.4) is 0 Å². The molecule has 0 spiro atoms. The van der Waals surface area contributed by atoms with Crippen LogP contribution in [-0.2, 0) is 18.5 Å². The zero-order chi connectivity index (χ0) is 19.9. The molecule has 0 aliphatic rings. The van der Waals surface area contributed by atoms with Crippen molar-refractivity contribution in [2.75, 3.05) is 5.73 Å². The molecule has 0 fully saturated rings. The Balaban J connectivity index is 2.51. The summed E-state index contributed by atoms with van der Waals surface area (Å²) in [7, 11) is 0. The molecule has 2 aromatic rings. The van der Waals surface area contributed by atoms with E-state index in [-0.39, 0.29) is 6.07 Å². The molecule has 0 aliphatic carbocycles. The summed E-state index contributed by atoms with van der Waals surface area (Å²) in [5, 5.41) is 0. The number of rotatable bonds is 2. The summed E-state index contributed by atoms with van der Waals surface area (Å²) in [5.74, 6) is -1.31. The fourth-order valence-electron chi connectivity index (χ4n) is 2.11. The van der Waals surface area contributed by atoms with Crippen LogP contribution < -0.4 is 10.5 Å². The SMILES string of the molecule is Nc1cc(Oc2cccc(C(F)(F)F)c2)cc(C(F)(F)F)c1C(F)(F)F. The second-order valence-corrected chi connectivity index (χ2v) is 5.06. The van der Waals surface area contributed by atoms with Crippen molar-refractivity contribution in [3.8, 4) is 11.5 Å². The number of anilines is 1. The van der Waals surface area contributed by atoms with Gasteiger partial charge in [-0.15, -0.1) is 0 Å². The zero-order valence-electron chi connectivity index (χ0n) is 12.4. The summed E-state index contributed by atoms with van der Waals surface area (Å²) in [6, 6.07) is 3.58. The summed E-state index contributed by atoms with van der Waals surface area (Å²) in [6.45, 7) is 0. The third-order valence-corrected chi connectivity index (χ3v) is 3.13. The number of hydrogen-bond acceptors (Lipinski definition) is 2.